The quantitative estimate of drug-likeness (QED) is 0.872. The molecule has 0 aliphatic carbocycles. The second-order valence-corrected chi connectivity index (χ2v) is 6.41. The molecular weight excluding hydrogens is 288 g/mol. The van der Waals surface area contributed by atoms with E-state index in [-0.39, 0.29) is 24.1 Å². The van der Waals surface area contributed by atoms with Gasteiger partial charge in [0, 0.05) is 12.1 Å². The molecule has 0 unspecified atom stereocenters. The molecule has 0 radical (unpaired) electrons. The van der Waals surface area contributed by atoms with Gasteiger partial charge in [0.15, 0.2) is 9.84 Å². The average molecular weight is 305 g/mol. The minimum absolute atomic E-state index is 0. The van der Waals surface area contributed by atoms with Crippen molar-refractivity contribution in [2.24, 2.45) is 5.73 Å². The summed E-state index contributed by atoms with van der Waals surface area (Å²) in [6.07, 6.45) is 1.52. The van der Waals surface area contributed by atoms with Crippen molar-refractivity contribution in [1.29, 1.82) is 0 Å². The van der Waals surface area contributed by atoms with Crippen LogP contribution in [0.5, 0.6) is 0 Å². The molecule has 0 bridgehead atoms. The van der Waals surface area contributed by atoms with E-state index >= 15 is 0 Å². The molecule has 0 aromatic heterocycles. The fourth-order valence-electron chi connectivity index (χ4n) is 1.97. The van der Waals surface area contributed by atoms with Crippen molar-refractivity contribution in [3.63, 3.8) is 0 Å². The lowest BCUT2D eigenvalue weighted by Gasteiger charge is -2.06. The van der Waals surface area contributed by atoms with Crippen LogP contribution in [-0.2, 0) is 21.1 Å². The van der Waals surface area contributed by atoms with Gasteiger partial charge in [-0.05, 0) is 37.1 Å². The first-order valence-electron chi connectivity index (χ1n) is 5.88. The third-order valence-corrected chi connectivity index (χ3v) is 4.73. The van der Waals surface area contributed by atoms with Crippen molar-refractivity contribution in [2.75, 3.05) is 17.6 Å². The molecule has 1 aliphatic rings. The van der Waals surface area contributed by atoms with Gasteiger partial charge in [0.2, 0.25) is 5.91 Å². The van der Waals surface area contributed by atoms with Crippen molar-refractivity contribution in [3.05, 3.63) is 23.8 Å². The normalized spacial score (nSPS) is 15.4. The van der Waals surface area contributed by atoms with Gasteiger partial charge < -0.3 is 11.1 Å². The first-order valence-corrected chi connectivity index (χ1v) is 7.54. The van der Waals surface area contributed by atoms with Gasteiger partial charge in [-0.1, -0.05) is 6.07 Å². The smallest absolute Gasteiger partial charge is 0.224 e. The van der Waals surface area contributed by atoms with Crippen molar-refractivity contribution in [3.8, 4) is 0 Å². The summed E-state index contributed by atoms with van der Waals surface area (Å²) in [7, 11) is -3.15. The standard InChI is InChI=1S/C12H16N2O3S.ClH/c13-6-1-2-12(15)14-10-4-3-9-5-7-18(16,17)11(9)8-10;/h3-4,8H,1-2,5-7,13H2,(H,14,15);1H. The number of hydrogen-bond donors (Lipinski definition) is 2. The lowest BCUT2D eigenvalue weighted by molar-refractivity contribution is -0.116. The summed E-state index contributed by atoms with van der Waals surface area (Å²) in [6, 6.07) is 5.04. The number of aryl methyl sites for hydroxylation is 1. The number of benzene rings is 1. The molecule has 0 saturated heterocycles. The Morgan fingerprint density at radius 1 is 1.37 bits per heavy atom. The molecule has 1 aliphatic heterocycles. The van der Waals surface area contributed by atoms with Crippen molar-refractivity contribution >= 4 is 33.8 Å². The molecular formula is C12H17ClN2O3S. The maximum absolute atomic E-state index is 11.7. The molecule has 106 valence electrons. The van der Waals surface area contributed by atoms with Crippen LogP contribution in [-0.4, -0.2) is 26.6 Å². The Labute approximate surface area is 118 Å². The largest absolute Gasteiger partial charge is 0.330 e. The van der Waals surface area contributed by atoms with Crippen LogP contribution in [0.4, 0.5) is 5.69 Å². The average Bonchev–Trinajstić information content (AvgIpc) is 2.63. The monoisotopic (exact) mass is 304 g/mol. The molecule has 0 saturated carbocycles. The summed E-state index contributed by atoms with van der Waals surface area (Å²) in [6.45, 7) is 0.464. The second kappa shape index (κ2) is 6.36. The Kier molecular flexibility index (Phi) is 5.34. The number of sulfone groups is 1. The van der Waals surface area contributed by atoms with E-state index < -0.39 is 9.84 Å². The van der Waals surface area contributed by atoms with Gasteiger partial charge in [0.05, 0.1) is 10.6 Å². The van der Waals surface area contributed by atoms with Crippen LogP contribution in [0.15, 0.2) is 23.1 Å². The number of carbonyl (C=O) groups is 1. The third-order valence-electron chi connectivity index (χ3n) is 2.93. The topological polar surface area (TPSA) is 89.3 Å². The Bertz CT molecular complexity index is 572. The first-order chi connectivity index (χ1) is 8.53. The van der Waals surface area contributed by atoms with Gasteiger partial charge in [0.25, 0.3) is 0 Å². The van der Waals surface area contributed by atoms with E-state index in [2.05, 4.69) is 5.32 Å². The zero-order chi connectivity index (χ0) is 13.2. The minimum atomic E-state index is -3.15. The van der Waals surface area contributed by atoms with Gasteiger partial charge in [0.1, 0.15) is 0 Å². The molecule has 5 nitrogen and oxygen atoms in total. The van der Waals surface area contributed by atoms with Crippen LogP contribution in [0.3, 0.4) is 0 Å². The molecule has 0 fully saturated rings. The molecule has 1 amide bonds. The Morgan fingerprint density at radius 2 is 2.11 bits per heavy atom. The summed E-state index contributed by atoms with van der Waals surface area (Å²) >= 11 is 0. The van der Waals surface area contributed by atoms with Crippen LogP contribution >= 0.6 is 12.4 Å². The summed E-state index contributed by atoms with van der Waals surface area (Å²) in [4.78, 5) is 11.9. The van der Waals surface area contributed by atoms with Crippen LogP contribution < -0.4 is 11.1 Å². The summed E-state index contributed by atoms with van der Waals surface area (Å²) < 4.78 is 23.5. The van der Waals surface area contributed by atoms with Crippen molar-refractivity contribution in [1.82, 2.24) is 0 Å². The number of rotatable bonds is 4. The number of nitrogens with two attached hydrogens (primary N) is 1. The highest BCUT2D eigenvalue weighted by Gasteiger charge is 2.26. The maximum Gasteiger partial charge on any atom is 0.224 e. The molecule has 0 atom stereocenters. The molecule has 7 heteroatoms. The number of nitrogens with one attached hydrogen (secondary N) is 1. The highest BCUT2D eigenvalue weighted by atomic mass is 35.5. The molecule has 0 spiro atoms. The zero-order valence-corrected chi connectivity index (χ0v) is 12.0. The second-order valence-electron chi connectivity index (χ2n) is 4.33. The van der Waals surface area contributed by atoms with Gasteiger partial charge in [-0.2, -0.15) is 0 Å². The van der Waals surface area contributed by atoms with Crippen molar-refractivity contribution in [2.45, 2.75) is 24.2 Å². The van der Waals surface area contributed by atoms with E-state index in [9.17, 15) is 13.2 Å². The first kappa shape index (κ1) is 15.9. The number of fused-ring (bicyclic) bond motifs is 1. The van der Waals surface area contributed by atoms with E-state index in [4.69, 9.17) is 5.73 Å². The molecule has 1 aromatic rings. The predicted octanol–water partition coefficient (Wildman–Crippen LogP) is 1.12. The number of carbonyl (C=O) groups excluding carboxylic acids is 1. The molecule has 2 rings (SSSR count). The summed E-state index contributed by atoms with van der Waals surface area (Å²) in [5.74, 6) is 0.0168. The molecule has 3 N–H and O–H groups in total. The Morgan fingerprint density at radius 3 is 2.79 bits per heavy atom. The van der Waals surface area contributed by atoms with E-state index in [1.807, 2.05) is 0 Å². The SMILES string of the molecule is Cl.NCCCC(=O)Nc1ccc2c(c1)S(=O)(=O)CC2. The van der Waals surface area contributed by atoms with E-state index in [0.29, 0.717) is 36.4 Å². The minimum Gasteiger partial charge on any atom is -0.330 e. The van der Waals surface area contributed by atoms with Crippen LogP contribution in [0, 0.1) is 0 Å². The van der Waals surface area contributed by atoms with Crippen LogP contribution in [0.2, 0.25) is 0 Å². The van der Waals surface area contributed by atoms with Crippen LogP contribution in [0.1, 0.15) is 18.4 Å². The molecule has 1 heterocycles. The fraction of sp³-hybridized carbons (Fsp3) is 0.417. The lowest BCUT2D eigenvalue weighted by atomic mass is 10.1. The number of hydrogen-bond acceptors (Lipinski definition) is 4. The van der Waals surface area contributed by atoms with Gasteiger partial charge >= 0.3 is 0 Å². The predicted molar refractivity (Wildman–Crippen MR) is 76.4 cm³/mol. The highest BCUT2D eigenvalue weighted by Crippen LogP contribution is 2.28. The fourth-order valence-corrected chi connectivity index (χ4v) is 3.55. The zero-order valence-electron chi connectivity index (χ0n) is 10.4. The Hall–Kier alpha value is -1.11. The summed E-state index contributed by atoms with van der Waals surface area (Å²) in [5.41, 5.74) is 6.68. The summed E-state index contributed by atoms with van der Waals surface area (Å²) in [5, 5.41) is 2.69. The number of anilines is 1. The van der Waals surface area contributed by atoms with Crippen LogP contribution in [0.25, 0.3) is 0 Å². The maximum atomic E-state index is 11.7. The number of halogens is 1. The molecule has 1 aromatic carbocycles. The molecule has 19 heavy (non-hydrogen) atoms. The van der Waals surface area contributed by atoms with Crippen molar-refractivity contribution < 1.29 is 13.2 Å². The van der Waals surface area contributed by atoms with E-state index in [1.54, 1.807) is 12.1 Å². The number of amides is 1. The lowest BCUT2D eigenvalue weighted by Crippen LogP contribution is -2.13. The Balaban J connectivity index is 0.00000180. The van der Waals surface area contributed by atoms with E-state index in [1.165, 1.54) is 6.07 Å². The third kappa shape index (κ3) is 3.68. The van der Waals surface area contributed by atoms with Gasteiger partial charge in [-0.25, -0.2) is 8.42 Å². The van der Waals surface area contributed by atoms with Gasteiger partial charge in [-0.3, -0.25) is 4.79 Å². The highest BCUT2D eigenvalue weighted by molar-refractivity contribution is 7.91. The van der Waals surface area contributed by atoms with Gasteiger partial charge in [-0.15, -0.1) is 12.4 Å². The van der Waals surface area contributed by atoms with E-state index in [0.717, 1.165) is 5.56 Å².